The van der Waals surface area contributed by atoms with Crippen molar-refractivity contribution in [2.24, 2.45) is 5.41 Å². The van der Waals surface area contributed by atoms with Crippen molar-refractivity contribution in [1.82, 2.24) is 4.90 Å². The van der Waals surface area contributed by atoms with Gasteiger partial charge in [0.15, 0.2) is 5.78 Å². The van der Waals surface area contributed by atoms with E-state index >= 15 is 0 Å². The molecule has 21 heavy (non-hydrogen) atoms. The van der Waals surface area contributed by atoms with Crippen molar-refractivity contribution < 1.29 is 31.5 Å². The lowest BCUT2D eigenvalue weighted by Crippen LogP contribution is -2.62. The fourth-order valence-electron chi connectivity index (χ4n) is 2.60. The Labute approximate surface area is 123 Å². The lowest BCUT2D eigenvalue weighted by Gasteiger charge is -2.46. The molecule has 122 valence electrons. The molecule has 3 nitrogen and oxygen atoms in total. The predicted molar refractivity (Wildman–Crippen MR) is 65.2 cm³/mol. The number of likely N-dealkylation sites (tertiary alicyclic amines) is 1. The summed E-state index contributed by atoms with van der Waals surface area (Å²) in [5, 5.41) is 0. The van der Waals surface area contributed by atoms with E-state index in [0.29, 0.717) is 11.3 Å². The molecule has 1 fully saturated rings. The van der Waals surface area contributed by atoms with Crippen LogP contribution in [0.2, 0.25) is 0 Å². The number of Topliss-reactive ketones (excluding diaryl/α,β-unsaturated/α-hetero) is 1. The van der Waals surface area contributed by atoms with E-state index in [1.54, 1.807) is 0 Å². The summed E-state index contributed by atoms with van der Waals surface area (Å²) in [6.45, 7) is 2.74. The van der Waals surface area contributed by atoms with Gasteiger partial charge in [-0.25, -0.2) is 0 Å². The van der Waals surface area contributed by atoms with Gasteiger partial charge in [-0.05, 0) is 18.3 Å². The van der Waals surface area contributed by atoms with E-state index in [4.69, 9.17) is 11.6 Å². The molecular weight excluding hydrogens is 321 g/mol. The summed E-state index contributed by atoms with van der Waals surface area (Å²) in [6, 6.07) is -1.38. The quantitative estimate of drug-likeness (QED) is 0.587. The first-order chi connectivity index (χ1) is 9.36. The van der Waals surface area contributed by atoms with Crippen LogP contribution in [0.3, 0.4) is 0 Å². The Kier molecular flexibility index (Phi) is 4.92. The Morgan fingerprint density at radius 3 is 2.19 bits per heavy atom. The molecule has 1 heterocycles. The van der Waals surface area contributed by atoms with Crippen molar-refractivity contribution in [2.75, 3.05) is 12.4 Å². The number of carbonyl (C=O) groups is 2. The van der Waals surface area contributed by atoms with Gasteiger partial charge < -0.3 is 4.90 Å². The molecule has 0 bridgehead atoms. The number of ketones is 1. The van der Waals surface area contributed by atoms with Gasteiger partial charge in [0.2, 0.25) is 0 Å². The second-order valence-electron chi connectivity index (χ2n) is 5.67. The third kappa shape index (κ3) is 3.30. The van der Waals surface area contributed by atoms with Crippen molar-refractivity contribution in [3.63, 3.8) is 0 Å². The van der Waals surface area contributed by atoms with Crippen LogP contribution in [-0.2, 0) is 9.59 Å². The monoisotopic (exact) mass is 335 g/mol. The summed E-state index contributed by atoms with van der Waals surface area (Å²) in [5.41, 5.74) is -0.915. The highest BCUT2D eigenvalue weighted by molar-refractivity contribution is 6.28. The van der Waals surface area contributed by atoms with Crippen LogP contribution < -0.4 is 0 Å². The van der Waals surface area contributed by atoms with Crippen molar-refractivity contribution in [1.29, 1.82) is 0 Å². The van der Waals surface area contributed by atoms with Crippen LogP contribution in [0.25, 0.3) is 0 Å². The van der Waals surface area contributed by atoms with Crippen molar-refractivity contribution in [3.8, 4) is 0 Å². The van der Waals surface area contributed by atoms with Crippen LogP contribution in [0.5, 0.6) is 0 Å². The van der Waals surface area contributed by atoms with E-state index < -0.39 is 41.1 Å². The molecule has 1 aliphatic rings. The predicted octanol–water partition coefficient (Wildman–Crippen LogP) is 3.01. The Morgan fingerprint density at radius 1 is 1.24 bits per heavy atom. The Balaban J connectivity index is 3.19. The Bertz CT molecular complexity index is 436. The molecule has 1 atom stereocenters. The van der Waals surface area contributed by atoms with E-state index in [-0.39, 0.29) is 13.0 Å². The Hall–Kier alpha value is -0.920. The van der Waals surface area contributed by atoms with E-state index in [2.05, 4.69) is 0 Å². The third-order valence-electron chi connectivity index (χ3n) is 3.59. The van der Waals surface area contributed by atoms with Gasteiger partial charge in [-0.1, -0.05) is 13.8 Å². The highest BCUT2D eigenvalue weighted by Crippen LogP contribution is 2.41. The minimum atomic E-state index is -6.00. The molecule has 1 aliphatic heterocycles. The van der Waals surface area contributed by atoms with Gasteiger partial charge in [0, 0.05) is 6.54 Å². The van der Waals surface area contributed by atoms with Gasteiger partial charge in [-0.15, -0.1) is 11.6 Å². The van der Waals surface area contributed by atoms with E-state index in [1.807, 2.05) is 0 Å². The van der Waals surface area contributed by atoms with Gasteiger partial charge in [0.05, 0.1) is 11.9 Å². The largest absolute Gasteiger partial charge is 0.463 e. The first-order valence-corrected chi connectivity index (χ1v) is 6.74. The van der Waals surface area contributed by atoms with Crippen LogP contribution in [0.4, 0.5) is 22.0 Å². The zero-order valence-corrected chi connectivity index (χ0v) is 12.2. The summed E-state index contributed by atoms with van der Waals surface area (Å²) in [5.74, 6) is -9.22. The molecule has 0 radical (unpaired) electrons. The molecule has 1 saturated heterocycles. The minimum Gasteiger partial charge on any atom is -0.327 e. The highest BCUT2D eigenvalue weighted by Gasteiger charge is 2.66. The molecule has 0 N–H and O–H groups in total. The zero-order valence-electron chi connectivity index (χ0n) is 11.4. The lowest BCUT2D eigenvalue weighted by atomic mass is 9.74. The molecule has 0 spiro atoms. The standard InChI is InChI=1S/C12H15ClF5NO2/c1-10(2)4-3-5-19(8(10)7(20)6-13)9(21)11(14,15)12(16,17)18/h8H,3-6H2,1-2H3. The van der Waals surface area contributed by atoms with Gasteiger partial charge in [-0.2, -0.15) is 22.0 Å². The van der Waals surface area contributed by atoms with Crippen molar-refractivity contribution in [2.45, 2.75) is 44.8 Å². The lowest BCUT2D eigenvalue weighted by molar-refractivity contribution is -0.276. The first kappa shape index (κ1) is 18.1. The van der Waals surface area contributed by atoms with Gasteiger partial charge >= 0.3 is 18.0 Å². The number of amides is 1. The van der Waals surface area contributed by atoms with Crippen LogP contribution in [-0.4, -0.2) is 47.2 Å². The number of piperidine rings is 1. The van der Waals surface area contributed by atoms with Crippen LogP contribution >= 0.6 is 11.6 Å². The SMILES string of the molecule is CC1(C)CCCN(C(=O)C(F)(F)C(F)(F)F)C1C(=O)CCl. The van der Waals surface area contributed by atoms with E-state index in [1.165, 1.54) is 13.8 Å². The smallest absolute Gasteiger partial charge is 0.327 e. The molecule has 0 saturated carbocycles. The van der Waals surface area contributed by atoms with E-state index in [0.717, 1.165) is 0 Å². The van der Waals surface area contributed by atoms with Crippen LogP contribution in [0.15, 0.2) is 0 Å². The molecule has 0 aromatic heterocycles. The fourth-order valence-corrected chi connectivity index (χ4v) is 2.74. The molecule has 1 rings (SSSR count). The number of alkyl halides is 6. The number of carbonyl (C=O) groups excluding carboxylic acids is 2. The first-order valence-electron chi connectivity index (χ1n) is 6.20. The number of halogens is 6. The average molecular weight is 336 g/mol. The maximum atomic E-state index is 13.2. The molecule has 0 aliphatic carbocycles. The third-order valence-corrected chi connectivity index (χ3v) is 3.86. The van der Waals surface area contributed by atoms with Crippen molar-refractivity contribution in [3.05, 3.63) is 0 Å². The molecular formula is C12H15ClF5NO2. The zero-order chi connectivity index (χ0) is 16.6. The second-order valence-corrected chi connectivity index (χ2v) is 5.93. The molecule has 9 heteroatoms. The number of nitrogens with zero attached hydrogens (tertiary/aromatic N) is 1. The fraction of sp³-hybridized carbons (Fsp3) is 0.833. The van der Waals surface area contributed by atoms with Crippen LogP contribution in [0, 0.1) is 5.41 Å². The summed E-state index contributed by atoms with van der Waals surface area (Å²) in [4.78, 5) is 23.8. The number of rotatable bonds is 3. The molecule has 1 unspecified atom stereocenters. The normalized spacial score (nSPS) is 23.0. The van der Waals surface area contributed by atoms with Gasteiger partial charge in [0.1, 0.15) is 0 Å². The van der Waals surface area contributed by atoms with E-state index in [9.17, 15) is 31.5 Å². The second kappa shape index (κ2) is 5.70. The maximum absolute atomic E-state index is 13.2. The Morgan fingerprint density at radius 2 is 1.76 bits per heavy atom. The number of hydrogen-bond acceptors (Lipinski definition) is 2. The summed E-state index contributed by atoms with van der Waals surface area (Å²) in [7, 11) is 0. The summed E-state index contributed by atoms with van der Waals surface area (Å²) < 4.78 is 63.5. The highest BCUT2D eigenvalue weighted by atomic mass is 35.5. The van der Waals surface area contributed by atoms with Crippen LogP contribution in [0.1, 0.15) is 26.7 Å². The van der Waals surface area contributed by atoms with Gasteiger partial charge in [0.25, 0.3) is 0 Å². The maximum Gasteiger partial charge on any atom is 0.463 e. The molecule has 1 amide bonds. The molecule has 0 aromatic carbocycles. The summed E-state index contributed by atoms with van der Waals surface area (Å²) >= 11 is 5.39. The molecule has 0 aromatic rings. The minimum absolute atomic E-state index is 0.235. The summed E-state index contributed by atoms with van der Waals surface area (Å²) in [6.07, 6.45) is -5.35. The average Bonchev–Trinajstić information content (AvgIpc) is 2.34. The van der Waals surface area contributed by atoms with Gasteiger partial charge in [-0.3, -0.25) is 9.59 Å². The topological polar surface area (TPSA) is 37.4 Å². The number of hydrogen-bond donors (Lipinski definition) is 0. The van der Waals surface area contributed by atoms with Crippen molar-refractivity contribution >= 4 is 23.3 Å².